The summed E-state index contributed by atoms with van der Waals surface area (Å²) in [7, 11) is 0. The lowest BCUT2D eigenvalue weighted by Gasteiger charge is -2.05. The molecule has 0 atom stereocenters. The average Bonchev–Trinajstić information content (AvgIpc) is 2.54. The van der Waals surface area contributed by atoms with Gasteiger partial charge in [-0.2, -0.15) is 0 Å². The number of halogens is 1. The van der Waals surface area contributed by atoms with Crippen LogP contribution in [0.25, 0.3) is 0 Å². The minimum atomic E-state index is -0.385. The smallest absolute Gasteiger partial charge is 0.220 e. The Morgan fingerprint density at radius 1 is 1.05 bits per heavy atom. The third-order valence-electron chi connectivity index (χ3n) is 3.17. The Labute approximate surface area is 128 Å². The standard InChI is InChI=1S/C17H17FN2O2/c18-14-6-4-13(5-7-14)16(21)8-9-17(22)20-12-10-15-3-1-2-11-19-15/h1-7,11H,8-10,12H2,(H,20,22). The molecule has 0 aliphatic carbocycles. The summed E-state index contributed by atoms with van der Waals surface area (Å²) in [5.74, 6) is -0.727. The van der Waals surface area contributed by atoms with Gasteiger partial charge in [0.15, 0.2) is 5.78 Å². The van der Waals surface area contributed by atoms with E-state index < -0.39 is 0 Å². The Morgan fingerprint density at radius 2 is 1.82 bits per heavy atom. The van der Waals surface area contributed by atoms with Crippen LogP contribution in [0.3, 0.4) is 0 Å². The number of aromatic nitrogens is 1. The van der Waals surface area contributed by atoms with Gasteiger partial charge in [0.1, 0.15) is 5.82 Å². The third-order valence-corrected chi connectivity index (χ3v) is 3.17. The van der Waals surface area contributed by atoms with Gasteiger partial charge in [-0.25, -0.2) is 4.39 Å². The average molecular weight is 300 g/mol. The molecular weight excluding hydrogens is 283 g/mol. The molecule has 1 N–H and O–H groups in total. The molecule has 2 rings (SSSR count). The molecular formula is C17H17FN2O2. The van der Waals surface area contributed by atoms with E-state index in [0.717, 1.165) is 5.69 Å². The van der Waals surface area contributed by atoms with Crippen molar-refractivity contribution in [2.24, 2.45) is 0 Å². The van der Waals surface area contributed by atoms with Crippen molar-refractivity contribution in [3.8, 4) is 0 Å². The van der Waals surface area contributed by atoms with Crippen LogP contribution in [0, 0.1) is 5.82 Å². The topological polar surface area (TPSA) is 59.1 Å². The van der Waals surface area contributed by atoms with E-state index in [9.17, 15) is 14.0 Å². The highest BCUT2D eigenvalue weighted by Crippen LogP contribution is 2.07. The Kier molecular flexibility index (Phi) is 5.77. The predicted molar refractivity (Wildman–Crippen MR) is 80.9 cm³/mol. The Morgan fingerprint density at radius 3 is 2.50 bits per heavy atom. The number of ketones is 1. The molecule has 1 aromatic heterocycles. The van der Waals surface area contributed by atoms with E-state index in [1.165, 1.54) is 24.3 Å². The summed E-state index contributed by atoms with van der Waals surface area (Å²) in [5, 5.41) is 2.76. The molecule has 0 saturated carbocycles. The lowest BCUT2D eigenvalue weighted by atomic mass is 10.1. The molecule has 0 fully saturated rings. The van der Waals surface area contributed by atoms with E-state index in [0.29, 0.717) is 18.5 Å². The zero-order chi connectivity index (χ0) is 15.8. The largest absolute Gasteiger partial charge is 0.356 e. The highest BCUT2D eigenvalue weighted by Gasteiger charge is 2.09. The van der Waals surface area contributed by atoms with Gasteiger partial charge in [-0.15, -0.1) is 0 Å². The lowest BCUT2D eigenvalue weighted by molar-refractivity contribution is -0.121. The molecule has 114 valence electrons. The van der Waals surface area contributed by atoms with E-state index in [1.807, 2.05) is 18.2 Å². The summed E-state index contributed by atoms with van der Waals surface area (Å²) in [6.07, 6.45) is 2.59. The first-order valence-corrected chi connectivity index (χ1v) is 7.10. The van der Waals surface area contributed by atoms with Crippen molar-refractivity contribution in [1.29, 1.82) is 0 Å². The number of Topliss-reactive ketones (excluding diaryl/α,β-unsaturated/α-hetero) is 1. The van der Waals surface area contributed by atoms with Gasteiger partial charge >= 0.3 is 0 Å². The number of rotatable bonds is 7. The molecule has 1 aromatic carbocycles. The van der Waals surface area contributed by atoms with Crippen LogP contribution in [-0.2, 0) is 11.2 Å². The second-order valence-electron chi connectivity index (χ2n) is 4.85. The molecule has 22 heavy (non-hydrogen) atoms. The van der Waals surface area contributed by atoms with Crippen LogP contribution in [0.15, 0.2) is 48.7 Å². The SMILES string of the molecule is O=C(CCC(=O)c1ccc(F)cc1)NCCc1ccccn1. The summed E-state index contributed by atoms with van der Waals surface area (Å²) >= 11 is 0. The maximum Gasteiger partial charge on any atom is 0.220 e. The molecule has 4 nitrogen and oxygen atoms in total. The van der Waals surface area contributed by atoms with Crippen LogP contribution in [0.1, 0.15) is 28.9 Å². The Hall–Kier alpha value is -2.56. The normalized spacial score (nSPS) is 10.2. The second kappa shape index (κ2) is 8.02. The Bertz CT molecular complexity index is 627. The van der Waals surface area contributed by atoms with Gasteiger partial charge in [0.05, 0.1) is 0 Å². The number of carbonyl (C=O) groups excluding carboxylic acids is 2. The van der Waals surface area contributed by atoms with Crippen LogP contribution in [0.2, 0.25) is 0 Å². The molecule has 0 unspecified atom stereocenters. The highest BCUT2D eigenvalue weighted by atomic mass is 19.1. The molecule has 5 heteroatoms. The molecule has 1 heterocycles. The van der Waals surface area contributed by atoms with Crippen LogP contribution in [-0.4, -0.2) is 23.2 Å². The molecule has 0 radical (unpaired) electrons. The van der Waals surface area contributed by atoms with Gasteiger partial charge in [-0.05, 0) is 36.4 Å². The summed E-state index contributed by atoms with van der Waals surface area (Å²) in [5.41, 5.74) is 1.33. The number of hydrogen-bond donors (Lipinski definition) is 1. The summed E-state index contributed by atoms with van der Waals surface area (Å²) in [6, 6.07) is 11.0. The minimum absolute atomic E-state index is 0.112. The van der Waals surface area contributed by atoms with Crippen LogP contribution < -0.4 is 5.32 Å². The maximum absolute atomic E-state index is 12.8. The van der Waals surface area contributed by atoms with Crippen LogP contribution in [0.5, 0.6) is 0 Å². The van der Waals surface area contributed by atoms with E-state index in [1.54, 1.807) is 6.20 Å². The fourth-order valence-electron chi connectivity index (χ4n) is 1.97. The quantitative estimate of drug-likeness (QED) is 0.799. The fraction of sp³-hybridized carbons (Fsp3) is 0.235. The summed E-state index contributed by atoms with van der Waals surface area (Å²) in [6.45, 7) is 0.487. The zero-order valence-electron chi connectivity index (χ0n) is 12.1. The maximum atomic E-state index is 12.8. The number of hydrogen-bond acceptors (Lipinski definition) is 3. The fourth-order valence-corrected chi connectivity index (χ4v) is 1.97. The van der Waals surface area contributed by atoms with Gasteiger partial charge < -0.3 is 5.32 Å². The molecule has 0 aliphatic rings. The minimum Gasteiger partial charge on any atom is -0.356 e. The number of nitrogens with zero attached hydrogens (tertiary/aromatic N) is 1. The lowest BCUT2D eigenvalue weighted by Crippen LogP contribution is -2.26. The van der Waals surface area contributed by atoms with Crippen molar-refractivity contribution in [3.05, 3.63) is 65.7 Å². The molecule has 0 saturated heterocycles. The van der Waals surface area contributed by atoms with Gasteiger partial charge in [0.2, 0.25) is 5.91 Å². The highest BCUT2D eigenvalue weighted by molar-refractivity contribution is 5.97. The van der Waals surface area contributed by atoms with Gasteiger partial charge in [0.25, 0.3) is 0 Å². The van der Waals surface area contributed by atoms with E-state index in [4.69, 9.17) is 0 Å². The molecule has 2 aromatic rings. The number of benzene rings is 1. The zero-order valence-corrected chi connectivity index (χ0v) is 12.1. The van der Waals surface area contributed by atoms with Gasteiger partial charge in [0, 0.05) is 43.3 Å². The summed E-state index contributed by atoms with van der Waals surface area (Å²) < 4.78 is 12.8. The van der Waals surface area contributed by atoms with Crippen molar-refractivity contribution in [1.82, 2.24) is 10.3 Å². The third kappa shape index (κ3) is 5.09. The first-order valence-electron chi connectivity index (χ1n) is 7.10. The molecule has 0 aliphatic heterocycles. The molecule has 0 spiro atoms. The van der Waals surface area contributed by atoms with Crippen molar-refractivity contribution < 1.29 is 14.0 Å². The van der Waals surface area contributed by atoms with Gasteiger partial charge in [-0.3, -0.25) is 14.6 Å². The van der Waals surface area contributed by atoms with E-state index >= 15 is 0 Å². The second-order valence-corrected chi connectivity index (χ2v) is 4.85. The van der Waals surface area contributed by atoms with E-state index in [2.05, 4.69) is 10.3 Å². The Balaban J connectivity index is 1.69. The van der Waals surface area contributed by atoms with Crippen LogP contribution >= 0.6 is 0 Å². The first-order chi connectivity index (χ1) is 10.6. The van der Waals surface area contributed by atoms with Gasteiger partial charge in [-0.1, -0.05) is 6.07 Å². The monoisotopic (exact) mass is 300 g/mol. The predicted octanol–water partition coefficient (Wildman–Crippen LogP) is 2.54. The van der Waals surface area contributed by atoms with Crippen molar-refractivity contribution >= 4 is 11.7 Å². The number of nitrogens with one attached hydrogen (secondary N) is 1. The van der Waals surface area contributed by atoms with Crippen molar-refractivity contribution in [2.45, 2.75) is 19.3 Å². The van der Waals surface area contributed by atoms with E-state index in [-0.39, 0.29) is 30.3 Å². The van der Waals surface area contributed by atoms with Crippen LogP contribution in [0.4, 0.5) is 4.39 Å². The van der Waals surface area contributed by atoms with Crippen molar-refractivity contribution in [3.63, 3.8) is 0 Å². The first kappa shape index (κ1) is 15.8. The number of carbonyl (C=O) groups is 2. The number of pyridine rings is 1. The van der Waals surface area contributed by atoms with Crippen molar-refractivity contribution in [2.75, 3.05) is 6.54 Å². The number of amides is 1. The molecule has 0 bridgehead atoms. The summed E-state index contributed by atoms with van der Waals surface area (Å²) in [4.78, 5) is 27.7. The molecule has 1 amide bonds.